The van der Waals surface area contributed by atoms with Crippen molar-refractivity contribution in [2.45, 2.75) is 57.5 Å². The molecule has 13 heteroatoms. The molecule has 0 fully saturated rings. The summed E-state index contributed by atoms with van der Waals surface area (Å²) in [6, 6.07) is 12.4. The lowest BCUT2D eigenvalue weighted by atomic mass is 9.96. The Kier molecular flexibility index (Phi) is 9.89. The molecule has 0 spiro atoms. The van der Waals surface area contributed by atoms with E-state index in [-0.39, 0.29) is 41.2 Å². The molecule has 230 valence electrons. The highest BCUT2D eigenvalue weighted by Crippen LogP contribution is 2.36. The summed E-state index contributed by atoms with van der Waals surface area (Å²) in [5, 5.41) is 24.5. The van der Waals surface area contributed by atoms with Gasteiger partial charge >= 0.3 is 11.9 Å². The van der Waals surface area contributed by atoms with E-state index in [4.69, 9.17) is 16.9 Å². The van der Waals surface area contributed by atoms with Gasteiger partial charge in [-0.25, -0.2) is 4.79 Å². The lowest BCUT2D eigenvalue weighted by Gasteiger charge is -2.16. The Morgan fingerprint density at radius 3 is 2.47 bits per heavy atom. The van der Waals surface area contributed by atoms with Crippen molar-refractivity contribution in [2.24, 2.45) is 11.5 Å². The molecule has 10 nitrogen and oxygen atoms in total. The summed E-state index contributed by atoms with van der Waals surface area (Å²) in [6.07, 6.45) is -2.68. The lowest BCUT2D eigenvalue weighted by Crippen LogP contribution is -2.32. The number of aliphatic hydroxyl groups excluding tert-OH is 1. The summed E-state index contributed by atoms with van der Waals surface area (Å²) in [6.45, 7) is 5.10. The zero-order chi connectivity index (χ0) is 31.3. The zero-order valence-electron chi connectivity index (χ0n) is 24.0. The van der Waals surface area contributed by atoms with Crippen LogP contribution in [0.1, 0.15) is 61.9 Å². The molecule has 0 aliphatic rings. The summed E-state index contributed by atoms with van der Waals surface area (Å²) < 4.78 is 42.6. The van der Waals surface area contributed by atoms with Gasteiger partial charge in [0, 0.05) is 35.9 Å². The molecule has 2 heterocycles. The highest BCUT2D eigenvalue weighted by molar-refractivity contribution is 5.83. The number of hydrogen-bond acceptors (Lipinski definition) is 6. The van der Waals surface area contributed by atoms with Crippen molar-refractivity contribution >= 4 is 17.0 Å². The molecule has 0 radical (unpaired) electrons. The van der Waals surface area contributed by atoms with Crippen molar-refractivity contribution in [2.75, 3.05) is 13.1 Å². The van der Waals surface area contributed by atoms with Crippen LogP contribution < -0.4 is 27.8 Å². The number of aromatic nitrogens is 3. The molecule has 0 aliphatic carbocycles. The fourth-order valence-electron chi connectivity index (χ4n) is 4.76. The number of aromatic amines is 1. The first-order chi connectivity index (χ1) is 20.3. The number of alkyl halides is 3. The van der Waals surface area contributed by atoms with Crippen LogP contribution in [0, 0.1) is 5.41 Å². The van der Waals surface area contributed by atoms with Gasteiger partial charge in [-0.3, -0.25) is 9.98 Å². The van der Waals surface area contributed by atoms with Gasteiger partial charge in [0.1, 0.15) is 5.65 Å². The number of aliphatic hydroxyl groups is 1. The molecule has 2 aromatic carbocycles. The van der Waals surface area contributed by atoms with E-state index in [2.05, 4.69) is 20.6 Å². The van der Waals surface area contributed by atoms with Crippen LogP contribution >= 0.6 is 0 Å². The number of benzene rings is 2. The van der Waals surface area contributed by atoms with Crippen LogP contribution in [0.4, 0.5) is 13.2 Å². The normalized spacial score (nSPS) is 14.0. The van der Waals surface area contributed by atoms with Crippen LogP contribution in [0.3, 0.4) is 0 Å². The summed E-state index contributed by atoms with van der Waals surface area (Å²) >= 11 is 0. The van der Waals surface area contributed by atoms with Gasteiger partial charge in [-0.1, -0.05) is 12.1 Å². The third-order valence-corrected chi connectivity index (χ3v) is 7.17. The Labute approximate surface area is 246 Å². The topological polar surface area (TPSA) is 171 Å². The van der Waals surface area contributed by atoms with E-state index in [0.29, 0.717) is 29.7 Å². The van der Waals surface area contributed by atoms with E-state index in [0.717, 1.165) is 30.7 Å². The summed E-state index contributed by atoms with van der Waals surface area (Å²) in [4.78, 5) is 20.0. The molecule has 0 saturated carbocycles. The zero-order valence-corrected chi connectivity index (χ0v) is 24.0. The molecule has 0 saturated heterocycles. The SMILES string of the molecule is C[C@H](NCCCNC(=N)N)c1ccc(-n2cc3cc(-c4cc([C@H](O)CC[C@@H](C)N)cc(C(F)(F)F)c4)[nH]c3nc2=O)cc1. The predicted molar refractivity (Wildman–Crippen MR) is 161 cm³/mol. The maximum absolute atomic E-state index is 13.7. The smallest absolute Gasteiger partial charge is 0.388 e. The first-order valence-corrected chi connectivity index (χ1v) is 14.0. The van der Waals surface area contributed by atoms with Gasteiger partial charge in [0.2, 0.25) is 0 Å². The number of rotatable bonds is 12. The Morgan fingerprint density at radius 2 is 1.81 bits per heavy atom. The molecule has 0 bridgehead atoms. The Balaban J connectivity index is 1.58. The third kappa shape index (κ3) is 8.21. The van der Waals surface area contributed by atoms with E-state index in [1.807, 2.05) is 19.1 Å². The average molecular weight is 599 g/mol. The molecule has 0 amide bonds. The molecule has 0 unspecified atom stereocenters. The molecule has 4 aromatic rings. The van der Waals surface area contributed by atoms with Crippen LogP contribution in [-0.4, -0.2) is 44.7 Å². The van der Waals surface area contributed by atoms with Gasteiger partial charge in [0.15, 0.2) is 5.96 Å². The molecule has 43 heavy (non-hydrogen) atoms. The second kappa shape index (κ2) is 13.4. The number of nitrogens with two attached hydrogens (primary N) is 2. The Bertz CT molecular complexity index is 1610. The van der Waals surface area contributed by atoms with Gasteiger partial charge in [-0.05, 0) is 92.7 Å². The van der Waals surface area contributed by atoms with Crippen molar-refractivity contribution in [3.63, 3.8) is 0 Å². The number of hydrogen-bond donors (Lipinski definition) is 7. The molecule has 9 N–H and O–H groups in total. The fraction of sp³-hybridized carbons (Fsp3) is 0.367. The quantitative estimate of drug-likeness (QED) is 0.0732. The number of H-pyrrole nitrogens is 1. The third-order valence-electron chi connectivity index (χ3n) is 7.17. The van der Waals surface area contributed by atoms with Crippen LogP contribution in [0.2, 0.25) is 0 Å². The molecule has 4 rings (SSSR count). The summed E-state index contributed by atoms with van der Waals surface area (Å²) in [5.74, 6) is -0.0594. The van der Waals surface area contributed by atoms with E-state index in [1.54, 1.807) is 31.3 Å². The van der Waals surface area contributed by atoms with Crippen LogP contribution in [0.25, 0.3) is 28.0 Å². The van der Waals surface area contributed by atoms with E-state index < -0.39 is 23.5 Å². The van der Waals surface area contributed by atoms with Gasteiger partial charge in [0.25, 0.3) is 0 Å². The highest BCUT2D eigenvalue weighted by Gasteiger charge is 2.32. The minimum Gasteiger partial charge on any atom is -0.388 e. The first kappa shape index (κ1) is 31.7. The van der Waals surface area contributed by atoms with E-state index in [1.165, 1.54) is 10.6 Å². The van der Waals surface area contributed by atoms with Gasteiger partial charge in [-0.2, -0.15) is 18.2 Å². The number of nitrogens with one attached hydrogen (secondary N) is 4. The fourth-order valence-corrected chi connectivity index (χ4v) is 4.76. The van der Waals surface area contributed by atoms with Crippen molar-refractivity contribution in [3.05, 3.63) is 81.9 Å². The second-order valence-electron chi connectivity index (χ2n) is 10.8. The van der Waals surface area contributed by atoms with Crippen molar-refractivity contribution in [3.8, 4) is 16.9 Å². The minimum absolute atomic E-state index is 0.0468. The standard InChI is InChI=1S/C30H37F3N8O2/c1-17(34)4-9-26(42)21-12-20(13-23(14-21)30(31,32)33)25-15-22-16-41(29(43)40-27(22)39-25)24-7-5-19(6-8-24)18(2)37-10-3-11-38-28(35)36/h5-8,12-18,26,37,42H,3-4,9-11,34H2,1-2H3,(H4,35,36,38)(H,39,40,43)/t17-,18+,26-/m1/s1. The van der Waals surface area contributed by atoms with E-state index >= 15 is 0 Å². The number of nitrogens with zero attached hydrogens (tertiary/aromatic N) is 2. The molecular formula is C30H37F3N8O2. The number of guanidine groups is 1. The molecule has 0 aliphatic heterocycles. The molecular weight excluding hydrogens is 561 g/mol. The number of fused-ring (bicyclic) bond motifs is 1. The molecule has 3 atom stereocenters. The first-order valence-electron chi connectivity index (χ1n) is 14.0. The Hall–Kier alpha value is -4.20. The largest absolute Gasteiger partial charge is 0.416 e. The monoisotopic (exact) mass is 598 g/mol. The number of halogens is 3. The molecule has 2 aromatic heterocycles. The average Bonchev–Trinajstić information content (AvgIpc) is 3.37. The highest BCUT2D eigenvalue weighted by atomic mass is 19.4. The Morgan fingerprint density at radius 1 is 1.09 bits per heavy atom. The van der Waals surface area contributed by atoms with Crippen molar-refractivity contribution < 1.29 is 18.3 Å². The van der Waals surface area contributed by atoms with Crippen LogP contribution in [0.5, 0.6) is 0 Å². The van der Waals surface area contributed by atoms with Crippen LogP contribution in [0.15, 0.2) is 59.5 Å². The maximum Gasteiger partial charge on any atom is 0.416 e. The van der Waals surface area contributed by atoms with Crippen LogP contribution in [-0.2, 0) is 6.18 Å². The summed E-state index contributed by atoms with van der Waals surface area (Å²) in [7, 11) is 0. The van der Waals surface area contributed by atoms with Crippen molar-refractivity contribution in [1.82, 2.24) is 25.2 Å². The van der Waals surface area contributed by atoms with Gasteiger partial charge in [0.05, 0.1) is 17.4 Å². The van der Waals surface area contributed by atoms with Crippen molar-refractivity contribution in [1.29, 1.82) is 5.41 Å². The minimum atomic E-state index is -4.62. The van der Waals surface area contributed by atoms with E-state index in [9.17, 15) is 23.1 Å². The summed E-state index contributed by atoms with van der Waals surface area (Å²) in [5.41, 5.74) is 12.1. The van der Waals surface area contributed by atoms with Gasteiger partial charge < -0.3 is 32.2 Å². The van der Waals surface area contributed by atoms with Gasteiger partial charge in [-0.15, -0.1) is 0 Å². The maximum atomic E-state index is 13.7. The predicted octanol–water partition coefficient (Wildman–Crippen LogP) is 4.08. The lowest BCUT2D eigenvalue weighted by molar-refractivity contribution is -0.137. The second-order valence-corrected chi connectivity index (χ2v) is 10.8.